The molecule has 0 aromatic heterocycles. The molecule has 1 aromatic rings. The fourth-order valence-electron chi connectivity index (χ4n) is 1.11. The van der Waals surface area contributed by atoms with E-state index in [0.717, 1.165) is 12.0 Å². The second-order valence-electron chi connectivity index (χ2n) is 3.00. The van der Waals surface area contributed by atoms with E-state index < -0.39 is 0 Å². The Kier molecular flexibility index (Phi) is 3.42. The fraction of sp³-hybridized carbons (Fsp3) is 0.400. The number of halogens is 2. The number of hydrogen-bond donors (Lipinski definition) is 0. The molecule has 1 atom stereocenters. The van der Waals surface area contributed by atoms with Crippen molar-refractivity contribution >= 4 is 23.2 Å². The van der Waals surface area contributed by atoms with Gasteiger partial charge in [-0.2, -0.15) is 0 Å². The molecule has 66 valence electrons. The van der Waals surface area contributed by atoms with Crippen molar-refractivity contribution in [2.24, 2.45) is 0 Å². The Morgan fingerprint density at radius 1 is 1.25 bits per heavy atom. The van der Waals surface area contributed by atoms with Gasteiger partial charge in [0.15, 0.2) is 0 Å². The normalized spacial score (nSPS) is 15.6. The van der Waals surface area contributed by atoms with Crippen molar-refractivity contribution in [1.82, 2.24) is 0 Å². The Bertz CT molecular complexity index is 229. The maximum atomic E-state index is 6.28. The Labute approximate surface area is 83.5 Å². The van der Waals surface area contributed by atoms with Crippen molar-refractivity contribution < 1.29 is 0 Å². The predicted octanol–water partition coefficient (Wildman–Crippen LogP) is 3.77. The van der Waals surface area contributed by atoms with E-state index in [-0.39, 0.29) is 4.87 Å². The highest BCUT2D eigenvalue weighted by atomic mass is 35.5. The fourth-order valence-corrected chi connectivity index (χ4v) is 1.80. The summed E-state index contributed by atoms with van der Waals surface area (Å²) in [5.74, 6) is 0.592. The van der Waals surface area contributed by atoms with E-state index in [9.17, 15) is 0 Å². The summed E-state index contributed by atoms with van der Waals surface area (Å²) in [6, 6.07) is 10.0. The summed E-state index contributed by atoms with van der Waals surface area (Å²) < 4.78 is 0. The summed E-state index contributed by atoms with van der Waals surface area (Å²) in [6.45, 7) is 1.99. The molecule has 0 saturated carbocycles. The highest BCUT2D eigenvalue weighted by molar-refractivity contribution is 6.24. The van der Waals surface area contributed by atoms with Crippen LogP contribution in [0.3, 0.4) is 0 Å². The summed E-state index contributed by atoms with van der Waals surface area (Å²) in [4.78, 5) is -0.316. The minimum atomic E-state index is -0.316. The number of rotatable bonds is 3. The third kappa shape index (κ3) is 2.40. The lowest BCUT2D eigenvalue weighted by Crippen LogP contribution is -2.13. The van der Waals surface area contributed by atoms with Crippen molar-refractivity contribution in [2.45, 2.75) is 18.2 Å². The lowest BCUT2D eigenvalue weighted by atomic mass is 9.98. The molecule has 0 N–H and O–H groups in total. The van der Waals surface area contributed by atoms with Gasteiger partial charge in [-0.3, -0.25) is 0 Å². The van der Waals surface area contributed by atoms with Crippen molar-refractivity contribution in [1.29, 1.82) is 0 Å². The van der Waals surface area contributed by atoms with Gasteiger partial charge in [-0.05, 0) is 18.9 Å². The van der Waals surface area contributed by atoms with Crippen LogP contribution in [0.5, 0.6) is 0 Å². The van der Waals surface area contributed by atoms with E-state index >= 15 is 0 Å². The quantitative estimate of drug-likeness (QED) is 0.656. The van der Waals surface area contributed by atoms with Gasteiger partial charge in [-0.15, -0.1) is 23.2 Å². The zero-order chi connectivity index (χ0) is 9.03. The van der Waals surface area contributed by atoms with Crippen LogP contribution in [0.2, 0.25) is 0 Å². The Hall–Kier alpha value is -0.200. The van der Waals surface area contributed by atoms with E-state index in [4.69, 9.17) is 23.2 Å². The lowest BCUT2D eigenvalue weighted by Gasteiger charge is -2.20. The molecule has 0 nitrogen and oxygen atoms in total. The molecular weight excluding hydrogens is 191 g/mol. The third-order valence-electron chi connectivity index (χ3n) is 1.94. The zero-order valence-corrected chi connectivity index (χ0v) is 8.57. The highest BCUT2D eigenvalue weighted by Crippen LogP contribution is 2.31. The molecule has 0 bridgehead atoms. The van der Waals surface area contributed by atoms with Gasteiger partial charge in [0.05, 0.1) is 4.87 Å². The molecule has 0 heterocycles. The molecule has 0 radical (unpaired) electrons. The monoisotopic (exact) mass is 202 g/mol. The first kappa shape index (κ1) is 9.88. The third-order valence-corrected chi connectivity index (χ3v) is 2.54. The van der Waals surface area contributed by atoms with E-state index in [2.05, 4.69) is 0 Å². The van der Waals surface area contributed by atoms with Crippen LogP contribution in [0.25, 0.3) is 0 Å². The predicted molar refractivity (Wildman–Crippen MR) is 55.0 cm³/mol. The van der Waals surface area contributed by atoms with Gasteiger partial charge >= 0.3 is 0 Å². The van der Waals surface area contributed by atoms with Crippen LogP contribution in [0.4, 0.5) is 0 Å². The average Bonchev–Trinajstić information content (AvgIpc) is 2.06. The maximum Gasteiger partial charge on any atom is 0.0678 e. The van der Waals surface area contributed by atoms with Crippen molar-refractivity contribution in [3.05, 3.63) is 35.9 Å². The SMILES string of the molecule is CC(Cl)(CCCl)c1ccccc1. The largest absolute Gasteiger partial charge is 0.127 e. The van der Waals surface area contributed by atoms with Crippen LogP contribution in [-0.4, -0.2) is 5.88 Å². The van der Waals surface area contributed by atoms with Crippen LogP contribution >= 0.6 is 23.2 Å². The Morgan fingerprint density at radius 3 is 2.33 bits per heavy atom. The van der Waals surface area contributed by atoms with Gasteiger partial charge in [0.25, 0.3) is 0 Å². The van der Waals surface area contributed by atoms with E-state index in [0.29, 0.717) is 5.88 Å². The van der Waals surface area contributed by atoms with Gasteiger partial charge in [0.1, 0.15) is 0 Å². The molecule has 0 fully saturated rings. The molecule has 0 aliphatic carbocycles. The smallest absolute Gasteiger partial charge is 0.0678 e. The first-order valence-electron chi connectivity index (χ1n) is 3.97. The second-order valence-corrected chi connectivity index (χ2v) is 4.21. The Morgan fingerprint density at radius 2 is 1.83 bits per heavy atom. The molecule has 1 aromatic carbocycles. The topological polar surface area (TPSA) is 0 Å². The number of benzene rings is 1. The minimum absolute atomic E-state index is 0.316. The zero-order valence-electron chi connectivity index (χ0n) is 7.06. The van der Waals surface area contributed by atoms with Gasteiger partial charge in [0, 0.05) is 5.88 Å². The Balaban J connectivity index is 2.82. The van der Waals surface area contributed by atoms with Crippen LogP contribution in [0.15, 0.2) is 30.3 Å². The van der Waals surface area contributed by atoms with E-state index in [1.54, 1.807) is 0 Å². The summed E-state index contributed by atoms with van der Waals surface area (Å²) >= 11 is 11.9. The van der Waals surface area contributed by atoms with Crippen molar-refractivity contribution in [2.75, 3.05) is 5.88 Å². The number of hydrogen-bond acceptors (Lipinski definition) is 0. The summed E-state index contributed by atoms with van der Waals surface area (Å²) in [7, 11) is 0. The molecule has 2 heteroatoms. The molecule has 0 aliphatic rings. The molecule has 1 unspecified atom stereocenters. The van der Waals surface area contributed by atoms with Crippen molar-refractivity contribution in [3.63, 3.8) is 0 Å². The molecule has 0 amide bonds. The summed E-state index contributed by atoms with van der Waals surface area (Å²) in [5, 5.41) is 0. The van der Waals surface area contributed by atoms with Gasteiger partial charge in [0.2, 0.25) is 0 Å². The molecule has 0 spiro atoms. The van der Waals surface area contributed by atoms with Crippen LogP contribution in [0.1, 0.15) is 18.9 Å². The van der Waals surface area contributed by atoms with Gasteiger partial charge < -0.3 is 0 Å². The van der Waals surface area contributed by atoms with Gasteiger partial charge in [-0.25, -0.2) is 0 Å². The first-order valence-corrected chi connectivity index (χ1v) is 4.88. The van der Waals surface area contributed by atoms with Crippen molar-refractivity contribution in [3.8, 4) is 0 Å². The molecule has 1 rings (SSSR count). The molecule has 0 aliphatic heterocycles. The molecule has 0 saturated heterocycles. The summed E-state index contributed by atoms with van der Waals surface area (Å²) in [5.41, 5.74) is 1.13. The number of alkyl halides is 2. The molecule has 12 heavy (non-hydrogen) atoms. The average molecular weight is 203 g/mol. The second kappa shape index (κ2) is 4.15. The van der Waals surface area contributed by atoms with E-state index in [1.807, 2.05) is 37.3 Å². The van der Waals surface area contributed by atoms with Crippen LogP contribution in [-0.2, 0) is 4.87 Å². The lowest BCUT2D eigenvalue weighted by molar-refractivity contribution is 0.655. The highest BCUT2D eigenvalue weighted by Gasteiger charge is 2.21. The standard InChI is InChI=1S/C10H12Cl2/c1-10(12,7-8-11)9-5-3-2-4-6-9/h2-6H,7-8H2,1H3. The van der Waals surface area contributed by atoms with Crippen LogP contribution in [0, 0.1) is 0 Å². The maximum absolute atomic E-state index is 6.28. The summed E-state index contributed by atoms with van der Waals surface area (Å²) in [6.07, 6.45) is 0.792. The van der Waals surface area contributed by atoms with Crippen LogP contribution < -0.4 is 0 Å². The molecular formula is C10H12Cl2. The van der Waals surface area contributed by atoms with Gasteiger partial charge in [-0.1, -0.05) is 30.3 Å². The van der Waals surface area contributed by atoms with E-state index in [1.165, 1.54) is 0 Å². The minimum Gasteiger partial charge on any atom is -0.127 e. The first-order chi connectivity index (χ1) is 5.67.